The Morgan fingerprint density at radius 1 is 1.26 bits per heavy atom. The Bertz CT molecular complexity index is 555. The molecule has 0 aromatic heterocycles. The summed E-state index contributed by atoms with van der Waals surface area (Å²) in [7, 11) is -3.44. The van der Waals surface area contributed by atoms with Crippen molar-refractivity contribution in [3.63, 3.8) is 0 Å². The summed E-state index contributed by atoms with van der Waals surface area (Å²) in [6.45, 7) is 4.09. The molecule has 0 atom stereocenters. The van der Waals surface area contributed by atoms with Gasteiger partial charge in [0.2, 0.25) is 10.0 Å². The summed E-state index contributed by atoms with van der Waals surface area (Å²) in [4.78, 5) is 0.395. The monoisotopic (exact) mass is 301 g/mol. The van der Waals surface area contributed by atoms with Crippen molar-refractivity contribution in [1.29, 1.82) is 0 Å². The Morgan fingerprint density at radius 2 is 1.95 bits per heavy atom. The van der Waals surface area contributed by atoms with Gasteiger partial charge in [0.1, 0.15) is 0 Å². The molecule has 19 heavy (non-hydrogen) atoms. The van der Waals surface area contributed by atoms with Crippen molar-refractivity contribution >= 4 is 21.6 Å². The van der Waals surface area contributed by atoms with E-state index in [0.29, 0.717) is 17.3 Å². The normalized spacial score (nSPS) is 15.2. The highest BCUT2D eigenvalue weighted by molar-refractivity contribution is 7.89. The molecule has 0 amide bonds. The van der Waals surface area contributed by atoms with Crippen LogP contribution in [0.15, 0.2) is 23.1 Å². The fourth-order valence-corrected chi connectivity index (χ4v) is 4.55. The van der Waals surface area contributed by atoms with Crippen molar-refractivity contribution in [2.75, 3.05) is 12.4 Å². The lowest BCUT2D eigenvalue weighted by atomic mass is 10.1. The van der Waals surface area contributed by atoms with Crippen molar-refractivity contribution < 1.29 is 8.42 Å². The number of benzene rings is 1. The molecule has 1 aliphatic rings. The first kappa shape index (κ1) is 14.8. The van der Waals surface area contributed by atoms with E-state index in [-0.39, 0.29) is 6.04 Å². The summed E-state index contributed by atoms with van der Waals surface area (Å²) in [5.74, 6) is 0.308. The topological polar surface area (TPSA) is 37.4 Å². The molecule has 0 radical (unpaired) electrons. The molecule has 3 nitrogen and oxygen atoms in total. The van der Waals surface area contributed by atoms with E-state index in [4.69, 9.17) is 11.6 Å². The Morgan fingerprint density at radius 3 is 2.58 bits per heavy atom. The molecular formula is C14H20ClNO2S. The molecule has 0 heterocycles. The van der Waals surface area contributed by atoms with Crippen LogP contribution in [0.2, 0.25) is 0 Å². The SMILES string of the molecule is CC(C)N(CCCl)S(=O)(=O)c1ccc2c(c1)CCC2. The molecule has 1 aromatic rings. The van der Waals surface area contributed by atoms with Gasteiger partial charge in [0.15, 0.2) is 0 Å². The van der Waals surface area contributed by atoms with Gasteiger partial charge in [0, 0.05) is 18.5 Å². The minimum atomic E-state index is -3.44. The maximum atomic E-state index is 12.6. The van der Waals surface area contributed by atoms with Crippen molar-refractivity contribution in [3.05, 3.63) is 29.3 Å². The van der Waals surface area contributed by atoms with Crippen molar-refractivity contribution in [3.8, 4) is 0 Å². The number of nitrogens with zero attached hydrogens (tertiary/aromatic N) is 1. The van der Waals surface area contributed by atoms with E-state index < -0.39 is 10.0 Å². The van der Waals surface area contributed by atoms with Gasteiger partial charge in [-0.3, -0.25) is 0 Å². The minimum absolute atomic E-state index is 0.0861. The lowest BCUT2D eigenvalue weighted by Crippen LogP contribution is -2.38. The summed E-state index contributed by atoms with van der Waals surface area (Å²) in [5.41, 5.74) is 2.46. The molecule has 0 N–H and O–H groups in total. The Kier molecular flexibility index (Phi) is 4.54. The molecule has 0 bridgehead atoms. The summed E-state index contributed by atoms with van der Waals surface area (Å²) in [5, 5.41) is 0. The van der Waals surface area contributed by atoms with Gasteiger partial charge in [-0.1, -0.05) is 6.07 Å². The van der Waals surface area contributed by atoms with Gasteiger partial charge >= 0.3 is 0 Å². The number of alkyl halides is 1. The lowest BCUT2D eigenvalue weighted by Gasteiger charge is -2.25. The summed E-state index contributed by atoms with van der Waals surface area (Å²) >= 11 is 5.72. The van der Waals surface area contributed by atoms with Crippen molar-refractivity contribution in [1.82, 2.24) is 4.31 Å². The molecule has 5 heteroatoms. The number of hydrogen-bond acceptors (Lipinski definition) is 2. The molecule has 1 aromatic carbocycles. The summed E-state index contributed by atoms with van der Waals surface area (Å²) in [6.07, 6.45) is 3.16. The number of rotatable bonds is 5. The van der Waals surface area contributed by atoms with E-state index in [1.165, 1.54) is 15.4 Å². The van der Waals surface area contributed by atoms with E-state index in [1.54, 1.807) is 6.07 Å². The highest BCUT2D eigenvalue weighted by Gasteiger charge is 2.27. The molecule has 0 saturated heterocycles. The van der Waals surface area contributed by atoms with E-state index in [0.717, 1.165) is 19.3 Å². The molecule has 1 aliphatic carbocycles. The predicted molar refractivity (Wildman–Crippen MR) is 78.2 cm³/mol. The van der Waals surface area contributed by atoms with Gasteiger partial charge in [-0.2, -0.15) is 4.31 Å². The van der Waals surface area contributed by atoms with Gasteiger partial charge < -0.3 is 0 Å². The molecule has 0 spiro atoms. The van der Waals surface area contributed by atoms with Crippen LogP contribution in [-0.2, 0) is 22.9 Å². The van der Waals surface area contributed by atoms with Crippen LogP contribution in [0, 0.1) is 0 Å². The molecule has 2 rings (SSSR count). The molecular weight excluding hydrogens is 282 g/mol. The third kappa shape index (κ3) is 2.96. The van der Waals surface area contributed by atoms with Crippen LogP contribution >= 0.6 is 11.6 Å². The van der Waals surface area contributed by atoms with Crippen LogP contribution in [0.1, 0.15) is 31.4 Å². The summed E-state index contributed by atoms with van der Waals surface area (Å²) < 4.78 is 26.7. The van der Waals surface area contributed by atoms with Crippen LogP contribution in [0.3, 0.4) is 0 Å². The van der Waals surface area contributed by atoms with E-state index in [1.807, 2.05) is 26.0 Å². The first-order valence-electron chi connectivity index (χ1n) is 6.66. The zero-order valence-electron chi connectivity index (χ0n) is 11.4. The van der Waals surface area contributed by atoms with Crippen LogP contribution < -0.4 is 0 Å². The molecule has 106 valence electrons. The number of aryl methyl sites for hydroxylation is 2. The van der Waals surface area contributed by atoms with E-state index in [2.05, 4.69) is 0 Å². The highest BCUT2D eigenvalue weighted by Crippen LogP contribution is 2.26. The van der Waals surface area contributed by atoms with Gasteiger partial charge in [0.05, 0.1) is 4.90 Å². The standard InChI is InChI=1S/C14H20ClNO2S/c1-11(2)16(9-8-15)19(17,18)14-7-6-12-4-3-5-13(12)10-14/h6-7,10-11H,3-5,8-9H2,1-2H3. The summed E-state index contributed by atoms with van der Waals surface area (Å²) in [6, 6.07) is 5.43. The first-order valence-corrected chi connectivity index (χ1v) is 8.64. The Hall–Kier alpha value is -0.580. The predicted octanol–water partition coefficient (Wildman–Crippen LogP) is 2.81. The quantitative estimate of drug-likeness (QED) is 0.784. The van der Waals surface area contributed by atoms with Crippen LogP contribution in [0.4, 0.5) is 0 Å². The highest BCUT2D eigenvalue weighted by atomic mass is 35.5. The molecule has 0 aliphatic heterocycles. The van der Waals surface area contributed by atoms with Gasteiger partial charge in [0.25, 0.3) is 0 Å². The average molecular weight is 302 g/mol. The van der Waals surface area contributed by atoms with Crippen molar-refractivity contribution in [2.45, 2.75) is 44.0 Å². The second-order valence-corrected chi connectivity index (χ2v) is 7.45. The Labute approximate surface area is 120 Å². The largest absolute Gasteiger partial charge is 0.243 e. The van der Waals surface area contributed by atoms with Gasteiger partial charge in [-0.05, 0) is 56.4 Å². The van der Waals surface area contributed by atoms with Crippen LogP contribution in [0.25, 0.3) is 0 Å². The number of fused-ring (bicyclic) bond motifs is 1. The number of hydrogen-bond donors (Lipinski definition) is 0. The fourth-order valence-electron chi connectivity index (χ4n) is 2.58. The first-order chi connectivity index (χ1) is 8.96. The minimum Gasteiger partial charge on any atom is -0.207 e. The maximum absolute atomic E-state index is 12.6. The number of halogens is 1. The fraction of sp³-hybridized carbons (Fsp3) is 0.571. The smallest absolute Gasteiger partial charge is 0.207 e. The second kappa shape index (κ2) is 5.81. The van der Waals surface area contributed by atoms with Crippen LogP contribution in [0.5, 0.6) is 0 Å². The molecule has 0 saturated carbocycles. The molecule has 0 fully saturated rings. The van der Waals surface area contributed by atoms with E-state index >= 15 is 0 Å². The third-order valence-corrected chi connectivity index (χ3v) is 5.80. The van der Waals surface area contributed by atoms with Gasteiger partial charge in [-0.15, -0.1) is 11.6 Å². The Balaban J connectivity index is 2.38. The zero-order chi connectivity index (χ0) is 14.0. The average Bonchev–Trinajstić information content (AvgIpc) is 2.82. The molecule has 0 unspecified atom stereocenters. The second-order valence-electron chi connectivity index (χ2n) is 5.18. The number of sulfonamides is 1. The van der Waals surface area contributed by atoms with Gasteiger partial charge in [-0.25, -0.2) is 8.42 Å². The third-order valence-electron chi connectivity index (χ3n) is 3.56. The lowest BCUT2D eigenvalue weighted by molar-refractivity contribution is 0.370. The van der Waals surface area contributed by atoms with Crippen LogP contribution in [-0.4, -0.2) is 31.2 Å². The van der Waals surface area contributed by atoms with E-state index in [9.17, 15) is 8.42 Å². The van der Waals surface area contributed by atoms with Crippen molar-refractivity contribution in [2.24, 2.45) is 0 Å². The maximum Gasteiger partial charge on any atom is 0.243 e. The zero-order valence-corrected chi connectivity index (χ0v) is 13.0.